The van der Waals surface area contributed by atoms with Crippen LogP contribution in [0.4, 0.5) is 0 Å². The normalized spacial score (nSPS) is 22.0. The van der Waals surface area contributed by atoms with Gasteiger partial charge in [0.15, 0.2) is 0 Å². The van der Waals surface area contributed by atoms with Crippen LogP contribution in [0.25, 0.3) is 0 Å². The van der Waals surface area contributed by atoms with Crippen LogP contribution in [0.5, 0.6) is 0 Å². The van der Waals surface area contributed by atoms with Gasteiger partial charge in [0.1, 0.15) is 5.75 Å². The Hall–Kier alpha value is -0.950. The Balaban J connectivity index is 3.00. The fourth-order valence-corrected chi connectivity index (χ4v) is 1.76. The third-order valence-electron chi connectivity index (χ3n) is 1.30. The first-order chi connectivity index (χ1) is 4.56. The minimum atomic E-state index is -3.09. The predicted molar refractivity (Wildman–Crippen MR) is 38.5 cm³/mol. The van der Waals surface area contributed by atoms with Gasteiger partial charge in [-0.05, 0) is 0 Å². The van der Waals surface area contributed by atoms with Crippen molar-refractivity contribution in [2.75, 3.05) is 12.8 Å². The first kappa shape index (κ1) is 7.16. The zero-order chi connectivity index (χ0) is 7.78. The van der Waals surface area contributed by atoms with Crippen LogP contribution < -0.4 is 0 Å². The summed E-state index contributed by atoms with van der Waals surface area (Å²) in [5, 5.41) is 0. The molecular weight excluding hydrogens is 150 g/mol. The lowest BCUT2D eigenvalue weighted by Gasteiger charge is -2.04. The SMILES string of the molecule is C#CC1=CN(C)S(=O)(=O)C1. The van der Waals surface area contributed by atoms with Crippen molar-refractivity contribution in [3.05, 3.63) is 11.8 Å². The van der Waals surface area contributed by atoms with Crippen molar-refractivity contribution in [3.63, 3.8) is 0 Å². The monoisotopic (exact) mass is 157 g/mol. The zero-order valence-corrected chi connectivity index (χ0v) is 6.35. The highest BCUT2D eigenvalue weighted by Gasteiger charge is 2.23. The number of rotatable bonds is 0. The van der Waals surface area contributed by atoms with E-state index in [0.717, 1.165) is 4.31 Å². The Morgan fingerprint density at radius 1 is 1.80 bits per heavy atom. The van der Waals surface area contributed by atoms with Gasteiger partial charge in [-0.1, -0.05) is 5.92 Å². The van der Waals surface area contributed by atoms with Crippen molar-refractivity contribution in [2.45, 2.75) is 0 Å². The highest BCUT2D eigenvalue weighted by Crippen LogP contribution is 2.13. The van der Waals surface area contributed by atoms with Crippen molar-refractivity contribution in [3.8, 4) is 12.3 Å². The molecule has 0 N–H and O–H groups in total. The van der Waals surface area contributed by atoms with Crippen molar-refractivity contribution in [1.29, 1.82) is 0 Å². The fraction of sp³-hybridized carbons (Fsp3) is 0.333. The average Bonchev–Trinajstić information content (AvgIpc) is 2.08. The van der Waals surface area contributed by atoms with Crippen LogP contribution in [-0.2, 0) is 10.0 Å². The van der Waals surface area contributed by atoms with E-state index >= 15 is 0 Å². The molecule has 54 valence electrons. The Morgan fingerprint density at radius 2 is 2.40 bits per heavy atom. The first-order valence-corrected chi connectivity index (χ1v) is 4.30. The molecule has 3 nitrogen and oxygen atoms in total. The van der Waals surface area contributed by atoms with Crippen LogP contribution in [0.1, 0.15) is 0 Å². The van der Waals surface area contributed by atoms with Crippen molar-refractivity contribution in [1.82, 2.24) is 4.31 Å². The largest absolute Gasteiger partial charge is 0.279 e. The van der Waals surface area contributed by atoms with Gasteiger partial charge in [0.05, 0.1) is 0 Å². The van der Waals surface area contributed by atoms with Gasteiger partial charge in [-0.2, -0.15) is 0 Å². The molecule has 1 rings (SSSR count). The molecule has 0 bridgehead atoms. The molecule has 0 aromatic rings. The molecule has 10 heavy (non-hydrogen) atoms. The Morgan fingerprint density at radius 3 is 2.60 bits per heavy atom. The van der Waals surface area contributed by atoms with E-state index in [1.54, 1.807) is 0 Å². The second kappa shape index (κ2) is 2.03. The summed E-state index contributed by atoms with van der Waals surface area (Å²) in [6.45, 7) is 0. The molecule has 0 fully saturated rings. The minimum absolute atomic E-state index is 0.0278. The molecule has 0 saturated carbocycles. The number of terminal acetylenes is 1. The first-order valence-electron chi connectivity index (χ1n) is 2.69. The van der Waals surface area contributed by atoms with E-state index in [2.05, 4.69) is 5.92 Å². The molecule has 0 amide bonds. The molecule has 0 spiro atoms. The van der Waals surface area contributed by atoms with E-state index in [1.165, 1.54) is 13.2 Å². The second-order valence-electron chi connectivity index (χ2n) is 2.07. The summed E-state index contributed by atoms with van der Waals surface area (Å²) in [5.74, 6) is 2.26. The zero-order valence-electron chi connectivity index (χ0n) is 5.53. The molecule has 0 atom stereocenters. The summed E-state index contributed by atoms with van der Waals surface area (Å²) in [4.78, 5) is 0. The van der Waals surface area contributed by atoms with Gasteiger partial charge in [-0.3, -0.25) is 4.31 Å². The molecule has 0 aliphatic carbocycles. The third-order valence-corrected chi connectivity index (χ3v) is 2.96. The molecule has 1 heterocycles. The van der Waals surface area contributed by atoms with Crippen LogP contribution in [0.2, 0.25) is 0 Å². The number of sulfonamides is 1. The molecule has 0 saturated heterocycles. The van der Waals surface area contributed by atoms with Gasteiger partial charge in [-0.15, -0.1) is 6.42 Å². The Kier molecular flexibility index (Phi) is 1.45. The molecule has 4 heteroatoms. The standard InChI is InChI=1S/C6H7NO2S/c1-3-6-4-7(2)10(8,9)5-6/h1,4H,5H2,2H3. The number of nitrogens with zero attached hydrogens (tertiary/aromatic N) is 1. The molecule has 0 aromatic carbocycles. The van der Waals surface area contributed by atoms with E-state index < -0.39 is 10.0 Å². The molecule has 1 aliphatic heterocycles. The Labute approximate surface area is 60.4 Å². The van der Waals surface area contributed by atoms with E-state index in [9.17, 15) is 8.42 Å². The third kappa shape index (κ3) is 1.00. The highest BCUT2D eigenvalue weighted by molar-refractivity contribution is 7.89. The van der Waals surface area contributed by atoms with E-state index in [0.29, 0.717) is 5.57 Å². The maximum absolute atomic E-state index is 10.9. The molecule has 0 radical (unpaired) electrons. The molecule has 0 aromatic heterocycles. The fourth-order valence-electron chi connectivity index (χ4n) is 0.714. The maximum atomic E-state index is 10.9. The van der Waals surface area contributed by atoms with Gasteiger partial charge in [-0.25, -0.2) is 8.42 Å². The van der Waals surface area contributed by atoms with Crippen LogP contribution in [0.15, 0.2) is 11.8 Å². The highest BCUT2D eigenvalue weighted by atomic mass is 32.2. The van der Waals surface area contributed by atoms with Gasteiger partial charge in [0, 0.05) is 18.8 Å². The van der Waals surface area contributed by atoms with Gasteiger partial charge in [0.25, 0.3) is 0 Å². The summed E-state index contributed by atoms with van der Waals surface area (Å²) in [5.41, 5.74) is 0.516. The predicted octanol–water partition coefficient (Wildman–Crippen LogP) is -0.221. The summed E-state index contributed by atoms with van der Waals surface area (Å²) in [7, 11) is -1.62. The smallest absolute Gasteiger partial charge is 0.239 e. The van der Waals surface area contributed by atoms with Crippen molar-refractivity contribution < 1.29 is 8.42 Å². The van der Waals surface area contributed by atoms with Gasteiger partial charge >= 0.3 is 0 Å². The maximum Gasteiger partial charge on any atom is 0.239 e. The molecule has 1 aliphatic rings. The van der Waals surface area contributed by atoms with Gasteiger partial charge < -0.3 is 0 Å². The molecular formula is C6H7NO2S. The molecule has 0 unspecified atom stereocenters. The summed E-state index contributed by atoms with van der Waals surface area (Å²) in [6.07, 6.45) is 6.46. The van der Waals surface area contributed by atoms with Crippen LogP contribution in [0.3, 0.4) is 0 Å². The second-order valence-corrected chi connectivity index (χ2v) is 4.10. The topological polar surface area (TPSA) is 37.4 Å². The summed E-state index contributed by atoms with van der Waals surface area (Å²) in [6, 6.07) is 0. The average molecular weight is 157 g/mol. The lowest BCUT2D eigenvalue weighted by atomic mass is 10.3. The minimum Gasteiger partial charge on any atom is -0.279 e. The summed E-state index contributed by atoms with van der Waals surface area (Å²) < 4.78 is 23.0. The van der Waals surface area contributed by atoms with E-state index in [1.807, 2.05) is 0 Å². The lowest BCUT2D eigenvalue weighted by molar-refractivity contribution is 0.550. The lowest BCUT2D eigenvalue weighted by Crippen LogP contribution is -2.17. The van der Waals surface area contributed by atoms with Crippen LogP contribution in [0, 0.1) is 12.3 Å². The van der Waals surface area contributed by atoms with Crippen LogP contribution in [-0.4, -0.2) is 25.5 Å². The van der Waals surface area contributed by atoms with Crippen LogP contribution >= 0.6 is 0 Å². The quantitative estimate of drug-likeness (QED) is 0.456. The van der Waals surface area contributed by atoms with Crippen molar-refractivity contribution >= 4 is 10.0 Å². The van der Waals surface area contributed by atoms with Gasteiger partial charge in [0.2, 0.25) is 10.0 Å². The van der Waals surface area contributed by atoms with E-state index in [4.69, 9.17) is 6.42 Å². The van der Waals surface area contributed by atoms with E-state index in [-0.39, 0.29) is 5.75 Å². The number of hydrogen-bond acceptors (Lipinski definition) is 2. The van der Waals surface area contributed by atoms with Crippen molar-refractivity contribution in [2.24, 2.45) is 0 Å². The number of hydrogen-bond donors (Lipinski definition) is 0. The Bertz CT molecular complexity index is 307. The summed E-state index contributed by atoms with van der Waals surface area (Å²) >= 11 is 0.